The number of nitrogens with one attached hydrogen (secondary N) is 2. The van der Waals surface area contributed by atoms with Crippen LogP contribution in [-0.2, 0) is 11.2 Å². The van der Waals surface area contributed by atoms with E-state index in [-0.39, 0.29) is 24.6 Å². The second-order valence-corrected chi connectivity index (χ2v) is 5.81. The first-order valence-corrected chi connectivity index (χ1v) is 7.35. The van der Waals surface area contributed by atoms with Gasteiger partial charge in [-0.25, -0.2) is 4.39 Å². The van der Waals surface area contributed by atoms with Gasteiger partial charge in [-0.2, -0.15) is 0 Å². The first kappa shape index (κ1) is 15.2. The fraction of sp³-hybridized carbons (Fsp3) is 0.533. The molecule has 0 unspecified atom stereocenters. The van der Waals surface area contributed by atoms with Crippen LogP contribution >= 0.6 is 0 Å². The van der Waals surface area contributed by atoms with Crippen molar-refractivity contribution in [2.45, 2.75) is 31.0 Å². The van der Waals surface area contributed by atoms with E-state index in [9.17, 15) is 19.4 Å². The van der Waals surface area contributed by atoms with Gasteiger partial charge in [0.2, 0.25) is 5.91 Å². The second-order valence-electron chi connectivity index (χ2n) is 5.81. The van der Waals surface area contributed by atoms with Crippen LogP contribution in [0.2, 0.25) is 0 Å². The maximum absolute atomic E-state index is 13.8. The molecule has 1 amide bonds. The Morgan fingerprint density at radius 3 is 3.00 bits per heavy atom. The van der Waals surface area contributed by atoms with Gasteiger partial charge in [0.05, 0.1) is 11.8 Å². The van der Waals surface area contributed by atoms with Crippen LogP contribution in [0.3, 0.4) is 0 Å². The molecule has 120 valence electrons. The normalized spacial score (nSPS) is 28.0. The quantitative estimate of drug-likeness (QED) is 0.639. The predicted octanol–water partition coefficient (Wildman–Crippen LogP) is 0.174. The van der Waals surface area contributed by atoms with Gasteiger partial charge in [0.1, 0.15) is 23.8 Å². The number of halogens is 1. The summed E-state index contributed by atoms with van der Waals surface area (Å²) in [6.45, 7) is 0.813. The molecular formula is C15H19FN2O4. The number of carbonyl (C=O) groups excluding carboxylic acids is 1. The monoisotopic (exact) mass is 310 g/mol. The molecule has 1 aromatic rings. The molecule has 0 aliphatic carbocycles. The van der Waals surface area contributed by atoms with Crippen LogP contribution in [0.4, 0.5) is 10.1 Å². The summed E-state index contributed by atoms with van der Waals surface area (Å²) >= 11 is 0. The van der Waals surface area contributed by atoms with Crippen molar-refractivity contribution in [2.24, 2.45) is 0 Å². The number of anilines is 1. The zero-order valence-electron chi connectivity index (χ0n) is 12.1. The van der Waals surface area contributed by atoms with Gasteiger partial charge >= 0.3 is 0 Å². The number of hydrogen-bond acceptors (Lipinski definition) is 5. The average Bonchev–Trinajstić information content (AvgIpc) is 2.50. The van der Waals surface area contributed by atoms with Gasteiger partial charge in [0.25, 0.3) is 0 Å². The van der Waals surface area contributed by atoms with E-state index in [2.05, 4.69) is 10.6 Å². The molecule has 1 aromatic carbocycles. The first-order chi connectivity index (χ1) is 10.5. The van der Waals surface area contributed by atoms with Crippen LogP contribution in [-0.4, -0.2) is 47.5 Å². The summed E-state index contributed by atoms with van der Waals surface area (Å²) < 4.78 is 19.4. The summed E-state index contributed by atoms with van der Waals surface area (Å²) in [5.41, 5.74) is -0.594. The maximum Gasteiger partial charge on any atom is 0.224 e. The lowest BCUT2D eigenvalue weighted by Gasteiger charge is -2.37. The van der Waals surface area contributed by atoms with Crippen molar-refractivity contribution in [3.8, 4) is 5.75 Å². The minimum Gasteiger partial charge on any atom is -0.490 e. The maximum atomic E-state index is 13.8. The Morgan fingerprint density at radius 1 is 1.41 bits per heavy atom. The van der Waals surface area contributed by atoms with Gasteiger partial charge in [-0.3, -0.25) is 4.79 Å². The number of piperidine rings is 1. The molecule has 6 nitrogen and oxygen atoms in total. The molecule has 0 aromatic heterocycles. The van der Waals surface area contributed by atoms with Crippen LogP contribution < -0.4 is 15.4 Å². The average molecular weight is 310 g/mol. The molecule has 0 saturated carbocycles. The number of hydrogen-bond donors (Lipinski definition) is 4. The summed E-state index contributed by atoms with van der Waals surface area (Å²) in [7, 11) is 0. The van der Waals surface area contributed by atoms with Gasteiger partial charge < -0.3 is 25.6 Å². The fourth-order valence-corrected chi connectivity index (χ4v) is 2.83. The number of ether oxygens (including phenoxy) is 1. The fourth-order valence-electron chi connectivity index (χ4n) is 2.83. The summed E-state index contributed by atoms with van der Waals surface area (Å²) in [6, 6.07) is 2.71. The van der Waals surface area contributed by atoms with E-state index in [1.165, 1.54) is 12.1 Å². The zero-order chi connectivity index (χ0) is 15.7. The highest BCUT2D eigenvalue weighted by Gasteiger charge is 2.39. The smallest absolute Gasteiger partial charge is 0.224 e. The summed E-state index contributed by atoms with van der Waals surface area (Å²) in [6.07, 6.45) is 0.103. The van der Waals surface area contributed by atoms with Crippen molar-refractivity contribution in [1.29, 1.82) is 0 Å². The van der Waals surface area contributed by atoms with Crippen molar-refractivity contribution in [1.82, 2.24) is 5.32 Å². The van der Waals surface area contributed by atoms with Crippen molar-refractivity contribution in [3.05, 3.63) is 23.5 Å². The van der Waals surface area contributed by atoms with Gasteiger partial charge in [-0.15, -0.1) is 0 Å². The number of rotatable bonds is 3. The molecule has 7 heteroatoms. The molecule has 1 saturated heterocycles. The van der Waals surface area contributed by atoms with Gasteiger partial charge in [-0.1, -0.05) is 0 Å². The molecule has 0 bridgehead atoms. The number of aliphatic hydroxyl groups excluding tert-OH is 1. The summed E-state index contributed by atoms with van der Waals surface area (Å²) in [5.74, 6) is -0.303. The highest BCUT2D eigenvalue weighted by atomic mass is 19.1. The molecule has 0 radical (unpaired) electrons. The van der Waals surface area contributed by atoms with E-state index >= 15 is 0 Å². The minimum absolute atomic E-state index is 0.0815. The predicted molar refractivity (Wildman–Crippen MR) is 77.3 cm³/mol. The highest BCUT2D eigenvalue weighted by molar-refractivity contribution is 5.94. The van der Waals surface area contributed by atoms with Gasteiger partial charge in [-0.05, 0) is 31.5 Å². The third-order valence-corrected chi connectivity index (χ3v) is 4.26. The molecule has 2 heterocycles. The lowest BCUT2D eigenvalue weighted by molar-refractivity contribution is -0.116. The van der Waals surface area contributed by atoms with Crippen LogP contribution in [0.1, 0.15) is 18.4 Å². The summed E-state index contributed by atoms with van der Waals surface area (Å²) in [4.78, 5) is 11.4. The van der Waals surface area contributed by atoms with Crippen molar-refractivity contribution >= 4 is 11.6 Å². The molecule has 3 rings (SSSR count). The van der Waals surface area contributed by atoms with Crippen LogP contribution in [0, 0.1) is 5.82 Å². The first-order valence-electron chi connectivity index (χ1n) is 7.35. The van der Waals surface area contributed by atoms with E-state index in [0.717, 1.165) is 0 Å². The Morgan fingerprint density at radius 2 is 2.23 bits per heavy atom. The Hall–Kier alpha value is -1.70. The largest absolute Gasteiger partial charge is 0.490 e. The molecule has 0 spiro atoms. The number of aliphatic hydroxyl groups is 2. The molecule has 4 N–H and O–H groups in total. The molecule has 2 atom stereocenters. The number of carbonyl (C=O) groups is 1. The Labute approximate surface area is 127 Å². The van der Waals surface area contributed by atoms with Gasteiger partial charge in [0.15, 0.2) is 0 Å². The Balaban J connectivity index is 1.78. The number of fused-ring (bicyclic) bond motifs is 1. The molecule has 22 heavy (non-hydrogen) atoms. The highest BCUT2D eigenvalue weighted by Crippen LogP contribution is 2.34. The van der Waals surface area contributed by atoms with Crippen molar-refractivity contribution in [3.63, 3.8) is 0 Å². The third-order valence-electron chi connectivity index (χ3n) is 4.26. The number of β-amino-alcohol motifs (C(OH)–C–C–N with tert-alkyl or cyclic N) is 1. The van der Waals surface area contributed by atoms with E-state index in [0.29, 0.717) is 37.2 Å². The Kier molecular flexibility index (Phi) is 4.03. The summed E-state index contributed by atoms with van der Waals surface area (Å²) in [5, 5.41) is 25.9. The van der Waals surface area contributed by atoms with E-state index < -0.39 is 17.5 Å². The van der Waals surface area contributed by atoms with E-state index in [1.54, 1.807) is 0 Å². The lowest BCUT2D eigenvalue weighted by atomic mass is 9.90. The van der Waals surface area contributed by atoms with E-state index in [4.69, 9.17) is 4.74 Å². The molecule has 2 aliphatic heterocycles. The van der Waals surface area contributed by atoms with Crippen molar-refractivity contribution < 1.29 is 24.1 Å². The molecular weight excluding hydrogens is 291 g/mol. The topological polar surface area (TPSA) is 90.8 Å². The van der Waals surface area contributed by atoms with Crippen LogP contribution in [0.5, 0.6) is 5.75 Å². The lowest BCUT2D eigenvalue weighted by Crippen LogP contribution is -2.57. The number of benzene rings is 1. The van der Waals surface area contributed by atoms with Gasteiger partial charge in [0, 0.05) is 18.5 Å². The molecule has 1 fully saturated rings. The van der Waals surface area contributed by atoms with Crippen LogP contribution in [0.15, 0.2) is 12.1 Å². The SMILES string of the molecule is O=C1CCc2c(OC[C@@]3(O)CCNC[C@@H]3O)ccc(F)c2N1. The minimum atomic E-state index is -1.33. The Bertz CT molecular complexity index is 595. The zero-order valence-corrected chi connectivity index (χ0v) is 12.1. The second kappa shape index (κ2) is 5.83. The van der Waals surface area contributed by atoms with Crippen molar-refractivity contribution in [2.75, 3.05) is 25.0 Å². The standard InChI is InChI=1S/C15H19FN2O4/c16-10-2-3-11(9-1-4-13(20)18-14(9)10)22-8-15(21)5-6-17-7-12(15)19/h2-3,12,17,19,21H,1,4-8H2,(H,18,20)/t12-,15-/m0/s1. The third kappa shape index (κ3) is 2.79. The van der Waals surface area contributed by atoms with E-state index in [1.807, 2.05) is 0 Å². The number of amides is 1. The van der Waals surface area contributed by atoms with Crippen LogP contribution in [0.25, 0.3) is 0 Å². The molecule has 2 aliphatic rings.